The van der Waals surface area contributed by atoms with Crippen molar-refractivity contribution in [2.45, 2.75) is 18.0 Å². The molecule has 0 N–H and O–H groups in total. The van der Waals surface area contributed by atoms with Crippen LogP contribution in [0.15, 0.2) is 90.1 Å². The van der Waals surface area contributed by atoms with Crippen LogP contribution in [0.25, 0.3) is 17.1 Å². The minimum absolute atomic E-state index is 0.718. The third-order valence-electron chi connectivity index (χ3n) is 4.43. The third kappa shape index (κ3) is 4.46. The molecule has 3 nitrogen and oxygen atoms in total. The molecule has 0 saturated carbocycles. The molecule has 0 fully saturated rings. The number of hydrogen-bond donors (Lipinski definition) is 0. The molecule has 0 atom stereocenters. The van der Waals surface area contributed by atoms with Crippen molar-refractivity contribution in [2.24, 2.45) is 0 Å². The van der Waals surface area contributed by atoms with E-state index in [4.69, 9.17) is 11.6 Å². The molecule has 5 heteroatoms. The van der Waals surface area contributed by atoms with E-state index in [9.17, 15) is 0 Å². The van der Waals surface area contributed by atoms with Crippen LogP contribution >= 0.6 is 23.4 Å². The Morgan fingerprint density at radius 2 is 1.46 bits per heavy atom. The second-order valence-corrected chi connectivity index (χ2v) is 7.92. The molecule has 3 aromatic carbocycles. The molecule has 0 aliphatic rings. The van der Waals surface area contributed by atoms with Crippen LogP contribution in [0, 0.1) is 0 Å². The molecular formula is C23H20ClN3S. The maximum absolute atomic E-state index is 6.08. The Morgan fingerprint density at radius 1 is 0.786 bits per heavy atom. The van der Waals surface area contributed by atoms with Crippen molar-refractivity contribution in [2.75, 3.05) is 5.75 Å². The smallest absolute Gasteiger partial charge is 0.196 e. The lowest BCUT2D eigenvalue weighted by atomic mass is 10.1. The van der Waals surface area contributed by atoms with E-state index in [0.717, 1.165) is 45.8 Å². The standard InChI is InChI=1S/C23H20ClN3S/c24-20-13-15-21(16-14-20)27-22(19-11-5-2-6-12-19)25-26-23(27)28-17-7-10-18-8-3-1-4-9-18/h1-6,8-9,11-16H,7,10,17H2. The molecule has 0 bridgehead atoms. The van der Waals surface area contributed by atoms with Gasteiger partial charge in [-0.05, 0) is 42.7 Å². The largest absolute Gasteiger partial charge is 0.270 e. The number of hydrogen-bond acceptors (Lipinski definition) is 3. The number of benzene rings is 3. The van der Waals surface area contributed by atoms with Crippen molar-refractivity contribution in [3.63, 3.8) is 0 Å². The van der Waals surface area contributed by atoms with Crippen LogP contribution in [-0.4, -0.2) is 20.5 Å². The number of halogens is 1. The van der Waals surface area contributed by atoms with Crippen LogP contribution in [0.2, 0.25) is 5.02 Å². The zero-order chi connectivity index (χ0) is 19.2. The predicted molar refractivity (Wildman–Crippen MR) is 117 cm³/mol. The van der Waals surface area contributed by atoms with E-state index >= 15 is 0 Å². The number of aryl methyl sites for hydroxylation is 1. The zero-order valence-electron chi connectivity index (χ0n) is 15.3. The first-order valence-corrected chi connectivity index (χ1v) is 10.6. The summed E-state index contributed by atoms with van der Waals surface area (Å²) < 4.78 is 2.11. The summed E-state index contributed by atoms with van der Waals surface area (Å²) in [5.41, 5.74) is 3.42. The second-order valence-electron chi connectivity index (χ2n) is 6.42. The van der Waals surface area contributed by atoms with E-state index in [1.54, 1.807) is 11.8 Å². The average molecular weight is 406 g/mol. The molecule has 4 aromatic rings. The highest BCUT2D eigenvalue weighted by atomic mass is 35.5. The summed E-state index contributed by atoms with van der Waals surface area (Å²) >= 11 is 7.82. The topological polar surface area (TPSA) is 30.7 Å². The lowest BCUT2D eigenvalue weighted by Gasteiger charge is -2.10. The normalized spacial score (nSPS) is 10.9. The number of thioether (sulfide) groups is 1. The van der Waals surface area contributed by atoms with Gasteiger partial charge in [-0.3, -0.25) is 4.57 Å². The highest BCUT2D eigenvalue weighted by Crippen LogP contribution is 2.29. The molecule has 1 aromatic heterocycles. The van der Waals surface area contributed by atoms with Gasteiger partial charge in [0, 0.05) is 22.0 Å². The molecule has 0 aliphatic carbocycles. The van der Waals surface area contributed by atoms with Crippen LogP contribution in [0.4, 0.5) is 0 Å². The minimum Gasteiger partial charge on any atom is -0.270 e. The van der Waals surface area contributed by atoms with Gasteiger partial charge < -0.3 is 0 Å². The number of rotatable bonds is 7. The fourth-order valence-corrected chi connectivity index (χ4v) is 4.06. The molecular weight excluding hydrogens is 386 g/mol. The lowest BCUT2D eigenvalue weighted by Crippen LogP contribution is -2.00. The van der Waals surface area contributed by atoms with E-state index in [0.29, 0.717) is 0 Å². The maximum atomic E-state index is 6.08. The van der Waals surface area contributed by atoms with Gasteiger partial charge in [0.25, 0.3) is 0 Å². The summed E-state index contributed by atoms with van der Waals surface area (Å²) in [7, 11) is 0. The predicted octanol–water partition coefficient (Wildman–Crippen LogP) is 6.31. The molecule has 0 unspecified atom stereocenters. The van der Waals surface area contributed by atoms with Gasteiger partial charge in [-0.15, -0.1) is 10.2 Å². The molecule has 1 heterocycles. The Labute approximate surface area is 174 Å². The summed E-state index contributed by atoms with van der Waals surface area (Å²) in [5.74, 6) is 1.82. The van der Waals surface area contributed by atoms with E-state index in [1.165, 1.54) is 5.56 Å². The first-order chi connectivity index (χ1) is 13.8. The summed E-state index contributed by atoms with van der Waals surface area (Å²) in [4.78, 5) is 0. The van der Waals surface area contributed by atoms with Gasteiger partial charge in [0.15, 0.2) is 11.0 Å². The molecule has 140 valence electrons. The Bertz CT molecular complexity index is 1010. The van der Waals surface area contributed by atoms with Crippen LogP contribution in [0.3, 0.4) is 0 Å². The van der Waals surface area contributed by atoms with Crippen LogP contribution in [0.5, 0.6) is 0 Å². The molecule has 0 aliphatic heterocycles. The average Bonchev–Trinajstić information content (AvgIpc) is 3.17. The Morgan fingerprint density at radius 3 is 2.18 bits per heavy atom. The van der Waals surface area contributed by atoms with Gasteiger partial charge in [0.2, 0.25) is 0 Å². The molecule has 0 saturated heterocycles. The fourth-order valence-electron chi connectivity index (χ4n) is 3.04. The van der Waals surface area contributed by atoms with E-state index < -0.39 is 0 Å². The first kappa shape index (κ1) is 18.8. The van der Waals surface area contributed by atoms with Crippen molar-refractivity contribution in [3.05, 3.63) is 95.5 Å². The summed E-state index contributed by atoms with van der Waals surface area (Å²) in [6.07, 6.45) is 2.15. The van der Waals surface area contributed by atoms with Crippen LogP contribution in [-0.2, 0) is 6.42 Å². The van der Waals surface area contributed by atoms with E-state index in [2.05, 4.69) is 57.2 Å². The summed E-state index contributed by atoms with van der Waals surface area (Å²) in [5, 5.41) is 10.6. The Hall–Kier alpha value is -2.56. The van der Waals surface area contributed by atoms with Crippen molar-refractivity contribution in [1.29, 1.82) is 0 Å². The Balaban J connectivity index is 1.56. The van der Waals surface area contributed by atoms with Crippen molar-refractivity contribution in [3.8, 4) is 17.1 Å². The third-order valence-corrected chi connectivity index (χ3v) is 5.70. The van der Waals surface area contributed by atoms with E-state index in [-0.39, 0.29) is 0 Å². The SMILES string of the molecule is Clc1ccc(-n2c(SCCCc3ccccc3)nnc2-c2ccccc2)cc1. The zero-order valence-corrected chi connectivity index (χ0v) is 16.9. The molecule has 4 rings (SSSR count). The van der Waals surface area contributed by atoms with Crippen molar-refractivity contribution >= 4 is 23.4 Å². The molecule has 28 heavy (non-hydrogen) atoms. The molecule has 0 amide bonds. The quantitative estimate of drug-likeness (QED) is 0.266. The van der Waals surface area contributed by atoms with Crippen LogP contribution in [0.1, 0.15) is 12.0 Å². The van der Waals surface area contributed by atoms with Crippen molar-refractivity contribution in [1.82, 2.24) is 14.8 Å². The minimum atomic E-state index is 0.718. The Kier molecular flexibility index (Phi) is 6.10. The summed E-state index contributed by atoms with van der Waals surface area (Å²) in [6, 6.07) is 28.5. The second kappa shape index (κ2) is 9.09. The van der Waals surface area contributed by atoms with Gasteiger partial charge >= 0.3 is 0 Å². The number of aromatic nitrogens is 3. The monoisotopic (exact) mass is 405 g/mol. The highest BCUT2D eigenvalue weighted by molar-refractivity contribution is 7.99. The van der Waals surface area contributed by atoms with Gasteiger partial charge in [-0.1, -0.05) is 84.0 Å². The van der Waals surface area contributed by atoms with Gasteiger partial charge in [0.1, 0.15) is 0 Å². The summed E-state index contributed by atoms with van der Waals surface area (Å²) in [6.45, 7) is 0. The molecule has 0 radical (unpaired) electrons. The molecule has 0 spiro atoms. The fraction of sp³-hybridized carbons (Fsp3) is 0.130. The maximum Gasteiger partial charge on any atom is 0.196 e. The number of nitrogens with zero attached hydrogens (tertiary/aromatic N) is 3. The highest BCUT2D eigenvalue weighted by Gasteiger charge is 2.15. The van der Waals surface area contributed by atoms with Gasteiger partial charge in [-0.25, -0.2) is 0 Å². The van der Waals surface area contributed by atoms with Gasteiger partial charge in [0.05, 0.1) is 0 Å². The van der Waals surface area contributed by atoms with Gasteiger partial charge in [-0.2, -0.15) is 0 Å². The van der Waals surface area contributed by atoms with Crippen LogP contribution < -0.4 is 0 Å². The lowest BCUT2D eigenvalue weighted by molar-refractivity contribution is 0.875. The van der Waals surface area contributed by atoms with Crippen molar-refractivity contribution < 1.29 is 0 Å². The first-order valence-electron chi connectivity index (χ1n) is 9.25. The van der Waals surface area contributed by atoms with E-state index in [1.807, 2.05) is 42.5 Å².